The van der Waals surface area contributed by atoms with Crippen LogP contribution in [0.15, 0.2) is 47.5 Å². The van der Waals surface area contributed by atoms with Gasteiger partial charge < -0.3 is 10.2 Å². The van der Waals surface area contributed by atoms with E-state index >= 15 is 0 Å². The fraction of sp³-hybridized carbons (Fsp3) is 0.368. The number of halogens is 1. The van der Waals surface area contributed by atoms with Gasteiger partial charge in [-0.15, -0.1) is 11.8 Å². The Kier molecular flexibility index (Phi) is 6.28. The average Bonchev–Trinajstić information content (AvgIpc) is 2.67. The van der Waals surface area contributed by atoms with Gasteiger partial charge in [0.2, 0.25) is 5.91 Å². The Balaban J connectivity index is 1.44. The van der Waals surface area contributed by atoms with Crippen LogP contribution in [0.2, 0.25) is 0 Å². The zero-order valence-corrected chi connectivity index (χ0v) is 14.9. The molecule has 0 spiro atoms. The second kappa shape index (κ2) is 8.85. The number of anilines is 1. The summed E-state index contributed by atoms with van der Waals surface area (Å²) < 4.78 is 13.5. The van der Waals surface area contributed by atoms with Gasteiger partial charge in [0.1, 0.15) is 11.6 Å². The molecule has 0 unspecified atom stereocenters. The highest BCUT2D eigenvalue weighted by atomic mass is 32.2. The number of amides is 1. The van der Waals surface area contributed by atoms with Gasteiger partial charge in [0.05, 0.1) is 5.75 Å². The monoisotopic (exact) mass is 359 g/mol. The van der Waals surface area contributed by atoms with Crippen molar-refractivity contribution in [1.29, 1.82) is 0 Å². The van der Waals surface area contributed by atoms with Gasteiger partial charge in [0.25, 0.3) is 0 Å². The Morgan fingerprint density at radius 2 is 1.96 bits per heavy atom. The SMILES string of the molecule is O=C(CSc1ccccc1F)NCc1ccc(N2CCCCC2)nc1. The molecule has 1 amide bonds. The van der Waals surface area contributed by atoms with E-state index in [1.807, 2.05) is 18.3 Å². The zero-order valence-electron chi connectivity index (χ0n) is 14.1. The number of pyridine rings is 1. The summed E-state index contributed by atoms with van der Waals surface area (Å²) in [5.41, 5.74) is 0.963. The number of nitrogens with one attached hydrogen (secondary N) is 1. The second-order valence-corrected chi connectivity index (χ2v) is 7.09. The van der Waals surface area contributed by atoms with Gasteiger partial charge in [-0.1, -0.05) is 18.2 Å². The number of piperidine rings is 1. The average molecular weight is 359 g/mol. The van der Waals surface area contributed by atoms with Crippen LogP contribution in [0, 0.1) is 5.82 Å². The third kappa shape index (κ3) is 5.19. The van der Waals surface area contributed by atoms with Gasteiger partial charge in [-0.2, -0.15) is 0 Å². The van der Waals surface area contributed by atoms with Crippen LogP contribution in [0.5, 0.6) is 0 Å². The van der Waals surface area contributed by atoms with E-state index in [1.54, 1.807) is 18.2 Å². The molecular formula is C19H22FN3OS. The second-order valence-electron chi connectivity index (χ2n) is 6.07. The van der Waals surface area contributed by atoms with E-state index in [0.717, 1.165) is 24.5 Å². The molecule has 1 aliphatic heterocycles. The van der Waals surface area contributed by atoms with E-state index < -0.39 is 0 Å². The van der Waals surface area contributed by atoms with E-state index in [4.69, 9.17) is 0 Å². The number of thioether (sulfide) groups is 1. The normalized spacial score (nSPS) is 14.4. The number of aromatic nitrogens is 1. The van der Waals surface area contributed by atoms with E-state index in [1.165, 1.54) is 37.1 Å². The fourth-order valence-electron chi connectivity index (χ4n) is 2.79. The predicted octanol–water partition coefficient (Wildman–Crippen LogP) is 3.62. The molecule has 25 heavy (non-hydrogen) atoms. The van der Waals surface area contributed by atoms with Crippen LogP contribution < -0.4 is 10.2 Å². The quantitative estimate of drug-likeness (QED) is 0.800. The van der Waals surface area contributed by atoms with Crippen molar-refractivity contribution in [3.63, 3.8) is 0 Å². The molecule has 4 nitrogen and oxygen atoms in total. The van der Waals surface area contributed by atoms with Crippen molar-refractivity contribution >= 4 is 23.5 Å². The third-order valence-electron chi connectivity index (χ3n) is 4.17. The minimum Gasteiger partial charge on any atom is -0.357 e. The molecule has 1 N–H and O–H groups in total. The van der Waals surface area contributed by atoms with Crippen LogP contribution >= 0.6 is 11.8 Å². The largest absolute Gasteiger partial charge is 0.357 e. The molecule has 132 valence electrons. The van der Waals surface area contributed by atoms with E-state index in [2.05, 4.69) is 15.2 Å². The lowest BCUT2D eigenvalue weighted by atomic mass is 10.1. The number of nitrogens with zero attached hydrogens (tertiary/aromatic N) is 2. The molecule has 2 heterocycles. The molecule has 1 aliphatic rings. The smallest absolute Gasteiger partial charge is 0.230 e. The Morgan fingerprint density at radius 1 is 1.16 bits per heavy atom. The van der Waals surface area contributed by atoms with Crippen molar-refractivity contribution < 1.29 is 9.18 Å². The highest BCUT2D eigenvalue weighted by molar-refractivity contribution is 8.00. The molecule has 6 heteroatoms. The number of hydrogen-bond donors (Lipinski definition) is 1. The highest BCUT2D eigenvalue weighted by Crippen LogP contribution is 2.21. The van der Waals surface area contributed by atoms with Gasteiger partial charge in [0.15, 0.2) is 0 Å². The maximum Gasteiger partial charge on any atom is 0.230 e. The molecule has 1 aromatic carbocycles. The van der Waals surface area contributed by atoms with Crippen molar-refractivity contribution in [3.05, 3.63) is 54.0 Å². The van der Waals surface area contributed by atoms with Crippen LogP contribution in [0.4, 0.5) is 10.2 Å². The summed E-state index contributed by atoms with van der Waals surface area (Å²) in [5.74, 6) is 0.788. The van der Waals surface area contributed by atoms with Gasteiger partial charge in [-0.3, -0.25) is 4.79 Å². The summed E-state index contributed by atoms with van der Waals surface area (Å²) in [6, 6.07) is 10.5. The van der Waals surface area contributed by atoms with Gasteiger partial charge in [-0.05, 0) is 43.0 Å². The van der Waals surface area contributed by atoms with Gasteiger partial charge in [0, 0.05) is 30.7 Å². The number of benzene rings is 1. The highest BCUT2D eigenvalue weighted by Gasteiger charge is 2.12. The maximum atomic E-state index is 13.5. The van der Waals surface area contributed by atoms with Gasteiger partial charge in [-0.25, -0.2) is 9.37 Å². The van der Waals surface area contributed by atoms with E-state index in [0.29, 0.717) is 11.4 Å². The third-order valence-corrected chi connectivity index (χ3v) is 5.22. The summed E-state index contributed by atoms with van der Waals surface area (Å²) in [6.07, 6.45) is 5.55. The van der Waals surface area contributed by atoms with E-state index in [-0.39, 0.29) is 17.5 Å². The molecule has 0 aliphatic carbocycles. The lowest BCUT2D eigenvalue weighted by molar-refractivity contribution is -0.118. The first kappa shape index (κ1) is 17.7. The Labute approximate surface area is 151 Å². The Hall–Kier alpha value is -2.08. The summed E-state index contributed by atoms with van der Waals surface area (Å²) in [6.45, 7) is 2.57. The summed E-state index contributed by atoms with van der Waals surface area (Å²) >= 11 is 1.20. The molecule has 0 radical (unpaired) electrons. The zero-order chi connectivity index (χ0) is 17.5. The molecule has 2 aromatic rings. The Bertz CT molecular complexity index is 702. The van der Waals surface area contributed by atoms with Crippen molar-refractivity contribution in [2.75, 3.05) is 23.7 Å². The molecule has 1 aromatic heterocycles. The molecule has 0 saturated carbocycles. The Morgan fingerprint density at radius 3 is 2.68 bits per heavy atom. The number of carbonyl (C=O) groups is 1. The summed E-state index contributed by atoms with van der Waals surface area (Å²) in [7, 11) is 0. The van der Waals surface area contributed by atoms with E-state index in [9.17, 15) is 9.18 Å². The van der Waals surface area contributed by atoms with Crippen molar-refractivity contribution in [2.45, 2.75) is 30.7 Å². The van der Waals surface area contributed by atoms with Crippen LogP contribution in [0.3, 0.4) is 0 Å². The first-order valence-corrected chi connectivity index (χ1v) is 9.55. The lowest BCUT2D eigenvalue weighted by Crippen LogP contribution is -2.30. The first-order chi connectivity index (χ1) is 12.2. The molecule has 0 bridgehead atoms. The minimum absolute atomic E-state index is 0.117. The van der Waals surface area contributed by atoms with Gasteiger partial charge >= 0.3 is 0 Å². The topological polar surface area (TPSA) is 45.2 Å². The van der Waals surface area contributed by atoms with Crippen LogP contribution in [0.25, 0.3) is 0 Å². The summed E-state index contributed by atoms with van der Waals surface area (Å²) in [5, 5.41) is 2.85. The maximum absolute atomic E-state index is 13.5. The lowest BCUT2D eigenvalue weighted by Gasteiger charge is -2.27. The summed E-state index contributed by atoms with van der Waals surface area (Å²) in [4.78, 5) is 19.2. The number of hydrogen-bond acceptors (Lipinski definition) is 4. The van der Waals surface area contributed by atoms with Crippen molar-refractivity contribution in [3.8, 4) is 0 Å². The molecular weight excluding hydrogens is 337 g/mol. The number of carbonyl (C=O) groups excluding carboxylic acids is 1. The molecule has 1 fully saturated rings. The van der Waals surface area contributed by atoms with Crippen LogP contribution in [-0.4, -0.2) is 29.7 Å². The van der Waals surface area contributed by atoms with Crippen molar-refractivity contribution in [1.82, 2.24) is 10.3 Å². The van der Waals surface area contributed by atoms with Crippen LogP contribution in [0.1, 0.15) is 24.8 Å². The number of rotatable bonds is 6. The molecule has 1 saturated heterocycles. The minimum atomic E-state index is -0.294. The fourth-order valence-corrected chi connectivity index (χ4v) is 3.56. The predicted molar refractivity (Wildman–Crippen MR) is 99.3 cm³/mol. The molecule has 0 atom stereocenters. The standard InChI is InChI=1S/C19H22FN3OS/c20-16-6-2-3-7-17(16)25-14-19(24)22-13-15-8-9-18(21-12-15)23-10-4-1-5-11-23/h2-3,6-9,12H,1,4-5,10-11,13-14H2,(H,22,24). The van der Waals surface area contributed by atoms with Crippen molar-refractivity contribution in [2.24, 2.45) is 0 Å². The first-order valence-electron chi connectivity index (χ1n) is 8.56. The molecule has 3 rings (SSSR count). The van der Waals surface area contributed by atoms with Crippen LogP contribution in [-0.2, 0) is 11.3 Å².